The van der Waals surface area contributed by atoms with Crippen LogP contribution in [0.2, 0.25) is 0 Å². The Balaban J connectivity index is 3.08. The van der Waals surface area contributed by atoms with Crippen LogP contribution in [0.15, 0.2) is 36.2 Å². The van der Waals surface area contributed by atoms with Crippen molar-refractivity contribution >= 4 is 0 Å². The molecule has 0 aromatic carbocycles. The fourth-order valence-corrected chi connectivity index (χ4v) is 0.770. The minimum Gasteiger partial charge on any atom is -0.231 e. The molecule has 0 N–H and O–H groups in total. The van der Waals surface area contributed by atoms with Gasteiger partial charge in [-0.3, -0.25) is 0 Å². The third-order valence-electron chi connectivity index (χ3n) is 1.48. The van der Waals surface area contributed by atoms with Gasteiger partial charge in [-0.25, -0.2) is 17.6 Å². The minimum atomic E-state index is -2.71. The number of rotatable bonds is 1. The van der Waals surface area contributed by atoms with Gasteiger partial charge in [0.1, 0.15) is 11.7 Å². The molecule has 0 saturated carbocycles. The van der Waals surface area contributed by atoms with Crippen molar-refractivity contribution in [2.75, 3.05) is 0 Å². The van der Waals surface area contributed by atoms with Gasteiger partial charge in [-0.2, -0.15) is 0 Å². The molecule has 0 saturated heterocycles. The van der Waals surface area contributed by atoms with Crippen LogP contribution in [0.25, 0.3) is 0 Å². The molecule has 1 atom stereocenters. The van der Waals surface area contributed by atoms with Gasteiger partial charge in [0.05, 0.1) is 6.42 Å². The summed E-state index contributed by atoms with van der Waals surface area (Å²) in [6, 6.07) is 0. The van der Waals surface area contributed by atoms with Gasteiger partial charge in [-0.05, 0) is 6.08 Å². The fraction of sp³-hybridized carbons (Fsp3) is 0.125. The molecule has 4 heteroatoms. The van der Waals surface area contributed by atoms with E-state index < -0.39 is 23.1 Å². The second kappa shape index (κ2) is 2.77. The molecule has 0 bridgehead atoms. The molecule has 1 unspecified atom stereocenters. The van der Waals surface area contributed by atoms with Crippen molar-refractivity contribution in [3.8, 4) is 0 Å². The lowest BCUT2D eigenvalue weighted by molar-refractivity contribution is 0.262. The predicted molar refractivity (Wildman–Crippen MR) is 36.8 cm³/mol. The average Bonchev–Trinajstić information content (AvgIpc) is 2.01. The highest BCUT2D eigenvalue weighted by atomic mass is 19.2. The van der Waals surface area contributed by atoms with Crippen LogP contribution in [0, 0.1) is 6.42 Å². The van der Waals surface area contributed by atoms with Crippen LogP contribution < -0.4 is 0 Å². The van der Waals surface area contributed by atoms with E-state index in [-0.39, 0.29) is 12.5 Å². The number of hydrogen-bond donors (Lipinski definition) is 0. The molecule has 1 aliphatic rings. The Morgan fingerprint density at radius 1 is 1.25 bits per heavy atom. The van der Waals surface area contributed by atoms with E-state index in [2.05, 4.69) is 6.58 Å². The van der Waals surface area contributed by atoms with E-state index >= 15 is 0 Å². The third kappa shape index (κ3) is 1.29. The molecule has 0 aliphatic heterocycles. The van der Waals surface area contributed by atoms with Crippen molar-refractivity contribution in [3.63, 3.8) is 0 Å². The first-order chi connectivity index (χ1) is 5.49. The number of alkyl halides is 1. The van der Waals surface area contributed by atoms with Crippen LogP contribution in [0.5, 0.6) is 0 Å². The van der Waals surface area contributed by atoms with Crippen molar-refractivity contribution in [2.24, 2.45) is 0 Å². The highest BCUT2D eigenvalue weighted by molar-refractivity contribution is 5.41. The molecule has 0 spiro atoms. The summed E-state index contributed by atoms with van der Waals surface area (Å²) in [5, 5.41) is 0. The maximum Gasteiger partial charge on any atom is 0.189 e. The Labute approximate surface area is 66.9 Å². The molecule has 12 heavy (non-hydrogen) atoms. The highest BCUT2D eigenvalue weighted by Gasteiger charge is 2.38. The monoisotopic (exact) mass is 177 g/mol. The van der Waals surface area contributed by atoms with E-state index in [1.165, 1.54) is 0 Å². The quantitative estimate of drug-likeness (QED) is 0.426. The number of halogens is 4. The van der Waals surface area contributed by atoms with Crippen molar-refractivity contribution < 1.29 is 17.6 Å². The lowest BCUT2D eigenvalue weighted by atomic mass is 9.95. The summed E-state index contributed by atoms with van der Waals surface area (Å²) in [7, 11) is 0. The summed E-state index contributed by atoms with van der Waals surface area (Å²) in [5.41, 5.74) is -2.71. The Morgan fingerprint density at radius 2 is 1.83 bits per heavy atom. The van der Waals surface area contributed by atoms with Crippen LogP contribution in [0.1, 0.15) is 0 Å². The summed E-state index contributed by atoms with van der Waals surface area (Å²) >= 11 is 0. The first-order valence-electron chi connectivity index (χ1n) is 3.11. The zero-order valence-electron chi connectivity index (χ0n) is 5.95. The summed E-state index contributed by atoms with van der Waals surface area (Å²) in [5.74, 6) is -4.24. The molecule has 0 heterocycles. The number of allylic oxidation sites excluding steroid dienone is 5. The topological polar surface area (TPSA) is 0 Å². The van der Waals surface area contributed by atoms with E-state index in [4.69, 9.17) is 0 Å². The predicted octanol–water partition coefficient (Wildman–Crippen LogP) is 3.10. The molecule has 1 rings (SSSR count). The molecule has 65 valence electrons. The maximum absolute atomic E-state index is 13.1. The van der Waals surface area contributed by atoms with Gasteiger partial charge in [0.15, 0.2) is 11.5 Å². The highest BCUT2D eigenvalue weighted by Crippen LogP contribution is 2.37. The zero-order chi connectivity index (χ0) is 9.35. The minimum absolute atomic E-state index is 0.164. The van der Waals surface area contributed by atoms with Crippen LogP contribution in [-0.2, 0) is 0 Å². The van der Waals surface area contributed by atoms with E-state index in [0.29, 0.717) is 6.08 Å². The molecule has 1 radical (unpaired) electrons. The first-order valence-corrected chi connectivity index (χ1v) is 3.11. The lowest BCUT2D eigenvalue weighted by Gasteiger charge is -2.20. The van der Waals surface area contributed by atoms with Gasteiger partial charge in [0, 0.05) is 6.08 Å². The Hall–Kier alpha value is -1.06. The molecular formula is C8H5F4. The largest absolute Gasteiger partial charge is 0.231 e. The zero-order valence-corrected chi connectivity index (χ0v) is 5.95. The lowest BCUT2D eigenvalue weighted by Crippen LogP contribution is -2.24. The van der Waals surface area contributed by atoms with Crippen LogP contribution in [-0.4, -0.2) is 5.67 Å². The summed E-state index contributed by atoms with van der Waals surface area (Å²) in [6.07, 6.45) is 0.923. The van der Waals surface area contributed by atoms with E-state index in [0.717, 1.165) is 0 Å². The molecule has 0 fully saturated rings. The van der Waals surface area contributed by atoms with Crippen molar-refractivity contribution in [3.05, 3.63) is 42.6 Å². The first kappa shape index (κ1) is 9.03. The average molecular weight is 177 g/mol. The van der Waals surface area contributed by atoms with E-state index in [9.17, 15) is 17.6 Å². The normalized spacial score (nSPS) is 30.2. The summed E-state index contributed by atoms with van der Waals surface area (Å²) in [6.45, 7) is 2.97. The van der Waals surface area contributed by atoms with Crippen LogP contribution in [0.3, 0.4) is 0 Å². The molecule has 0 amide bonds. The summed E-state index contributed by atoms with van der Waals surface area (Å²) in [4.78, 5) is 0. The fourth-order valence-electron chi connectivity index (χ4n) is 0.770. The van der Waals surface area contributed by atoms with Crippen molar-refractivity contribution in [1.82, 2.24) is 0 Å². The van der Waals surface area contributed by atoms with Crippen molar-refractivity contribution in [2.45, 2.75) is 5.67 Å². The summed E-state index contributed by atoms with van der Waals surface area (Å²) < 4.78 is 50.3. The van der Waals surface area contributed by atoms with Gasteiger partial charge >= 0.3 is 0 Å². The van der Waals surface area contributed by atoms with Crippen LogP contribution in [0.4, 0.5) is 17.6 Å². The molecule has 0 nitrogen and oxygen atoms in total. The van der Waals surface area contributed by atoms with Crippen LogP contribution >= 0.6 is 0 Å². The molecule has 1 aliphatic carbocycles. The third-order valence-corrected chi connectivity index (χ3v) is 1.48. The number of hydrogen-bond acceptors (Lipinski definition) is 0. The maximum atomic E-state index is 13.1. The second-order valence-corrected chi connectivity index (χ2v) is 2.30. The molecule has 0 aromatic heterocycles. The van der Waals surface area contributed by atoms with Gasteiger partial charge in [0.2, 0.25) is 0 Å². The molecular weight excluding hydrogens is 172 g/mol. The van der Waals surface area contributed by atoms with Gasteiger partial charge in [-0.1, -0.05) is 6.58 Å². The van der Waals surface area contributed by atoms with Crippen molar-refractivity contribution in [1.29, 1.82) is 0 Å². The van der Waals surface area contributed by atoms with Gasteiger partial charge in [-0.15, -0.1) is 0 Å². The second-order valence-electron chi connectivity index (χ2n) is 2.30. The Kier molecular flexibility index (Phi) is 2.08. The standard InChI is InChI=1S/C8H5F4/c1-2-8(12)4-6(10)5(9)3-7(8)11/h2-4H,1H2. The van der Waals surface area contributed by atoms with E-state index in [1.807, 2.05) is 0 Å². The van der Waals surface area contributed by atoms with Gasteiger partial charge < -0.3 is 0 Å². The Bertz CT molecular complexity index is 277. The molecule has 0 aromatic rings. The Morgan fingerprint density at radius 3 is 2.33 bits per heavy atom. The SMILES string of the molecule is C=CC1(F)[CH]C(F)=C(F)C=C1F. The van der Waals surface area contributed by atoms with E-state index in [1.54, 1.807) is 0 Å². The van der Waals surface area contributed by atoms with Gasteiger partial charge in [0.25, 0.3) is 0 Å². The smallest absolute Gasteiger partial charge is 0.189 e.